The van der Waals surface area contributed by atoms with E-state index in [9.17, 15) is 13.2 Å². The fourth-order valence-corrected chi connectivity index (χ4v) is 4.38. The maximum atomic E-state index is 12.9. The second kappa shape index (κ2) is 4.97. The number of aromatic nitrogens is 3. The van der Waals surface area contributed by atoms with Gasteiger partial charge in [-0.1, -0.05) is 12.1 Å². The van der Waals surface area contributed by atoms with E-state index in [0.29, 0.717) is 24.3 Å². The zero-order valence-electron chi connectivity index (χ0n) is 13.6. The molecular formula is C17H18F3N5. The molecule has 2 unspecified atom stereocenters. The minimum Gasteiger partial charge on any atom is -0.362 e. The molecule has 1 aromatic heterocycles. The van der Waals surface area contributed by atoms with E-state index in [1.54, 1.807) is 0 Å². The third kappa shape index (κ3) is 2.27. The lowest BCUT2D eigenvalue weighted by Crippen LogP contribution is -2.35. The summed E-state index contributed by atoms with van der Waals surface area (Å²) in [7, 11) is 0. The van der Waals surface area contributed by atoms with Gasteiger partial charge in [-0.3, -0.25) is 0 Å². The number of piperidine rings is 1. The Hall–Kier alpha value is -2.09. The van der Waals surface area contributed by atoms with Gasteiger partial charge < -0.3 is 14.8 Å². The summed E-state index contributed by atoms with van der Waals surface area (Å²) < 4.78 is 39.9. The normalized spacial score (nSPS) is 28.0. The van der Waals surface area contributed by atoms with Crippen LogP contribution in [-0.4, -0.2) is 34.4 Å². The number of nitrogens with zero attached hydrogens (tertiary/aromatic N) is 4. The zero-order valence-corrected chi connectivity index (χ0v) is 13.6. The summed E-state index contributed by atoms with van der Waals surface area (Å²) in [5.41, 5.74) is 2.71. The number of hydrogen-bond acceptors (Lipinski definition) is 4. The summed E-state index contributed by atoms with van der Waals surface area (Å²) in [5, 5.41) is 10.5. The van der Waals surface area contributed by atoms with E-state index in [-0.39, 0.29) is 6.54 Å². The smallest absolute Gasteiger partial charge is 0.362 e. The maximum absolute atomic E-state index is 12.9. The molecule has 2 aliphatic heterocycles. The van der Waals surface area contributed by atoms with Crippen molar-refractivity contribution in [2.45, 2.75) is 31.1 Å². The first-order valence-corrected chi connectivity index (χ1v) is 8.53. The van der Waals surface area contributed by atoms with Gasteiger partial charge in [-0.2, -0.15) is 13.2 Å². The van der Waals surface area contributed by atoms with Crippen molar-refractivity contribution in [3.05, 3.63) is 41.5 Å². The lowest BCUT2D eigenvalue weighted by atomic mass is 9.95. The third-order valence-electron chi connectivity index (χ3n) is 5.88. The van der Waals surface area contributed by atoms with Crippen LogP contribution in [0.15, 0.2) is 24.3 Å². The molecule has 1 saturated carbocycles. The number of rotatable bonds is 2. The predicted molar refractivity (Wildman–Crippen MR) is 85.2 cm³/mol. The first-order valence-electron chi connectivity index (χ1n) is 8.53. The Balaban J connectivity index is 1.36. The molecule has 1 saturated heterocycles. The molecule has 132 valence electrons. The van der Waals surface area contributed by atoms with Crippen molar-refractivity contribution in [2.24, 2.45) is 5.92 Å². The van der Waals surface area contributed by atoms with Crippen molar-refractivity contribution >= 4 is 5.69 Å². The fraction of sp³-hybridized carbons (Fsp3) is 0.529. The molecule has 3 aliphatic rings. The number of benzene rings is 1. The van der Waals surface area contributed by atoms with E-state index in [0.717, 1.165) is 24.7 Å². The quantitative estimate of drug-likeness (QED) is 0.903. The van der Waals surface area contributed by atoms with Gasteiger partial charge >= 0.3 is 6.18 Å². The van der Waals surface area contributed by atoms with Crippen molar-refractivity contribution in [3.63, 3.8) is 0 Å². The van der Waals surface area contributed by atoms with E-state index in [2.05, 4.69) is 44.7 Å². The average molecular weight is 349 g/mol. The largest absolute Gasteiger partial charge is 0.451 e. The van der Waals surface area contributed by atoms with Crippen molar-refractivity contribution < 1.29 is 13.2 Å². The Morgan fingerprint density at radius 2 is 1.92 bits per heavy atom. The fourth-order valence-electron chi connectivity index (χ4n) is 4.38. The minimum atomic E-state index is -4.45. The molecule has 0 radical (unpaired) electrons. The van der Waals surface area contributed by atoms with E-state index in [1.807, 2.05) is 0 Å². The van der Waals surface area contributed by atoms with Crippen molar-refractivity contribution in [1.82, 2.24) is 20.1 Å². The Kier molecular flexibility index (Phi) is 3.02. The Morgan fingerprint density at radius 1 is 1.12 bits per heavy atom. The molecule has 1 aromatic carbocycles. The zero-order chi connectivity index (χ0) is 17.2. The van der Waals surface area contributed by atoms with E-state index >= 15 is 0 Å². The van der Waals surface area contributed by atoms with Gasteiger partial charge in [0.05, 0.1) is 6.54 Å². The third-order valence-corrected chi connectivity index (χ3v) is 5.88. The highest BCUT2D eigenvalue weighted by molar-refractivity contribution is 5.51. The second-order valence-corrected chi connectivity index (χ2v) is 7.25. The molecule has 1 aliphatic carbocycles. The Morgan fingerprint density at radius 3 is 2.56 bits per heavy atom. The molecule has 5 nitrogen and oxygen atoms in total. The van der Waals surface area contributed by atoms with Gasteiger partial charge in [0.2, 0.25) is 5.82 Å². The summed E-state index contributed by atoms with van der Waals surface area (Å²) in [6.45, 7) is 3.25. The highest BCUT2D eigenvalue weighted by Crippen LogP contribution is 2.56. The molecule has 5 rings (SSSR count). The molecule has 0 bridgehead atoms. The molecule has 8 heteroatoms. The van der Waals surface area contributed by atoms with Crippen LogP contribution >= 0.6 is 0 Å². The molecule has 0 spiro atoms. The summed E-state index contributed by atoms with van der Waals surface area (Å²) in [6, 6.07) is 8.49. The predicted octanol–water partition coefficient (Wildman–Crippen LogP) is 2.18. The number of hydrogen-bond donors (Lipinski definition) is 1. The topological polar surface area (TPSA) is 46.0 Å². The van der Waals surface area contributed by atoms with Crippen molar-refractivity contribution in [2.75, 3.05) is 24.5 Å². The van der Waals surface area contributed by atoms with Crippen LogP contribution in [0.4, 0.5) is 18.9 Å². The molecule has 25 heavy (non-hydrogen) atoms. The minimum absolute atomic E-state index is 0.245. The van der Waals surface area contributed by atoms with Gasteiger partial charge in [0.15, 0.2) is 5.82 Å². The van der Waals surface area contributed by atoms with Crippen LogP contribution < -0.4 is 10.2 Å². The first kappa shape index (κ1) is 15.2. The van der Waals surface area contributed by atoms with Crippen LogP contribution in [-0.2, 0) is 24.7 Å². The highest BCUT2D eigenvalue weighted by Gasteiger charge is 2.57. The Bertz CT molecular complexity index is 813. The lowest BCUT2D eigenvalue weighted by Gasteiger charge is -2.30. The van der Waals surface area contributed by atoms with Gasteiger partial charge in [-0.05, 0) is 36.6 Å². The monoisotopic (exact) mass is 349 g/mol. The lowest BCUT2D eigenvalue weighted by molar-refractivity contribution is -0.147. The number of alkyl halides is 3. The number of anilines is 1. The maximum Gasteiger partial charge on any atom is 0.451 e. The van der Waals surface area contributed by atoms with Crippen LogP contribution in [0.5, 0.6) is 0 Å². The second-order valence-electron chi connectivity index (χ2n) is 7.25. The number of fused-ring (bicyclic) bond motifs is 2. The van der Waals surface area contributed by atoms with E-state index in [1.165, 1.54) is 16.6 Å². The van der Waals surface area contributed by atoms with Gasteiger partial charge in [0, 0.05) is 30.7 Å². The van der Waals surface area contributed by atoms with Crippen LogP contribution in [0.1, 0.15) is 23.6 Å². The summed E-state index contributed by atoms with van der Waals surface area (Å²) >= 11 is 0. The molecule has 2 fully saturated rings. The van der Waals surface area contributed by atoms with Crippen LogP contribution in [0.2, 0.25) is 0 Å². The standard InChI is InChI=1S/C17H18F3N5/c18-17(19,20)15-23-22-14-9-24(5-6-25(14)15)13-3-1-11(2-4-13)16-7-12(16)8-21-10-16/h1-4,12,21H,5-10H2. The number of nitrogens with one attached hydrogen (secondary N) is 1. The van der Waals surface area contributed by atoms with E-state index < -0.39 is 12.0 Å². The summed E-state index contributed by atoms with van der Waals surface area (Å²) in [6.07, 6.45) is -3.20. The average Bonchev–Trinajstić information content (AvgIpc) is 2.95. The van der Waals surface area contributed by atoms with Crippen molar-refractivity contribution in [3.8, 4) is 0 Å². The van der Waals surface area contributed by atoms with Crippen LogP contribution in [0, 0.1) is 5.92 Å². The molecule has 0 amide bonds. The highest BCUT2D eigenvalue weighted by atomic mass is 19.4. The van der Waals surface area contributed by atoms with Gasteiger partial charge in [-0.15, -0.1) is 10.2 Å². The molecule has 1 N–H and O–H groups in total. The Labute approximate surface area is 142 Å². The SMILES string of the molecule is FC(F)(F)c1nnc2n1CCN(c1ccc(C34CNCC3C4)cc1)C2. The number of halogens is 3. The summed E-state index contributed by atoms with van der Waals surface area (Å²) in [4.78, 5) is 2.06. The van der Waals surface area contributed by atoms with Crippen LogP contribution in [0.3, 0.4) is 0 Å². The molecule has 2 aromatic rings. The molecular weight excluding hydrogens is 331 g/mol. The summed E-state index contributed by atoms with van der Waals surface area (Å²) in [5.74, 6) is 0.223. The van der Waals surface area contributed by atoms with Crippen molar-refractivity contribution in [1.29, 1.82) is 0 Å². The first-order chi connectivity index (χ1) is 12.0. The van der Waals surface area contributed by atoms with E-state index in [4.69, 9.17) is 0 Å². The van der Waals surface area contributed by atoms with Crippen LogP contribution in [0.25, 0.3) is 0 Å². The molecule has 2 atom stereocenters. The van der Waals surface area contributed by atoms with Gasteiger partial charge in [0.25, 0.3) is 0 Å². The van der Waals surface area contributed by atoms with Gasteiger partial charge in [-0.25, -0.2) is 0 Å². The molecule has 3 heterocycles. The van der Waals surface area contributed by atoms with Gasteiger partial charge in [0.1, 0.15) is 0 Å².